The lowest BCUT2D eigenvalue weighted by Crippen LogP contribution is -2.45. The van der Waals surface area contributed by atoms with Crippen molar-refractivity contribution in [2.24, 2.45) is 0 Å². The van der Waals surface area contributed by atoms with Gasteiger partial charge in [0.15, 0.2) is 5.69 Å². The fourth-order valence-corrected chi connectivity index (χ4v) is 2.54. The van der Waals surface area contributed by atoms with Crippen LogP contribution in [0.25, 0.3) is 0 Å². The molecule has 0 bridgehead atoms. The smallest absolute Gasteiger partial charge is 0.273 e. The standard InChI is InChI=1S/C15H18FN5O/c16-12-4-1-3-11(7-12)9-21-10-14(19-20-21)15(22)18-13-5-2-6-17-8-13/h1,3-4,7,10,13,17H,2,5-6,8-9H2,(H,18,22). The fraction of sp³-hybridized carbons (Fsp3) is 0.400. The van der Waals surface area contributed by atoms with E-state index in [4.69, 9.17) is 0 Å². The molecular formula is C15H18FN5O. The van der Waals surface area contributed by atoms with E-state index in [2.05, 4.69) is 20.9 Å². The summed E-state index contributed by atoms with van der Waals surface area (Å²) in [6.07, 6.45) is 3.60. The third kappa shape index (κ3) is 3.67. The number of aromatic nitrogens is 3. The molecule has 0 spiro atoms. The van der Waals surface area contributed by atoms with Crippen LogP contribution in [0.4, 0.5) is 4.39 Å². The predicted octanol–water partition coefficient (Wildman–Crippen LogP) is 0.947. The van der Waals surface area contributed by atoms with Gasteiger partial charge in [0.05, 0.1) is 12.7 Å². The van der Waals surface area contributed by atoms with Gasteiger partial charge in [0.2, 0.25) is 0 Å². The molecule has 1 unspecified atom stereocenters. The summed E-state index contributed by atoms with van der Waals surface area (Å²) in [6, 6.07) is 6.41. The minimum atomic E-state index is -0.291. The van der Waals surface area contributed by atoms with Crippen LogP contribution in [-0.4, -0.2) is 40.0 Å². The van der Waals surface area contributed by atoms with Crippen molar-refractivity contribution in [2.45, 2.75) is 25.4 Å². The van der Waals surface area contributed by atoms with Crippen molar-refractivity contribution < 1.29 is 9.18 Å². The average molecular weight is 303 g/mol. The highest BCUT2D eigenvalue weighted by Crippen LogP contribution is 2.06. The zero-order valence-electron chi connectivity index (χ0n) is 12.1. The molecule has 1 aromatic heterocycles. The predicted molar refractivity (Wildman–Crippen MR) is 78.9 cm³/mol. The summed E-state index contributed by atoms with van der Waals surface area (Å²) in [5, 5.41) is 14.0. The van der Waals surface area contributed by atoms with E-state index in [0.717, 1.165) is 31.5 Å². The number of hydrogen-bond acceptors (Lipinski definition) is 4. The molecule has 7 heteroatoms. The maximum Gasteiger partial charge on any atom is 0.273 e. The van der Waals surface area contributed by atoms with E-state index >= 15 is 0 Å². The normalized spacial score (nSPS) is 18.1. The summed E-state index contributed by atoms with van der Waals surface area (Å²) in [6.45, 7) is 2.16. The van der Waals surface area contributed by atoms with Gasteiger partial charge in [-0.2, -0.15) is 0 Å². The number of halogens is 1. The molecule has 1 aromatic carbocycles. The molecule has 2 N–H and O–H groups in total. The third-order valence-corrected chi connectivity index (χ3v) is 3.64. The summed E-state index contributed by atoms with van der Waals surface area (Å²) >= 11 is 0. The quantitative estimate of drug-likeness (QED) is 0.882. The maximum atomic E-state index is 13.1. The van der Waals surface area contributed by atoms with Crippen LogP contribution in [0.2, 0.25) is 0 Å². The zero-order valence-corrected chi connectivity index (χ0v) is 12.1. The molecule has 1 saturated heterocycles. The van der Waals surface area contributed by atoms with E-state index in [0.29, 0.717) is 6.54 Å². The lowest BCUT2D eigenvalue weighted by Gasteiger charge is -2.23. The molecular weight excluding hydrogens is 285 g/mol. The highest BCUT2D eigenvalue weighted by molar-refractivity contribution is 5.92. The maximum absolute atomic E-state index is 13.1. The van der Waals surface area contributed by atoms with Gasteiger partial charge in [0, 0.05) is 12.6 Å². The lowest BCUT2D eigenvalue weighted by molar-refractivity contribution is 0.0925. The summed E-state index contributed by atoms with van der Waals surface area (Å²) in [5.41, 5.74) is 1.05. The monoisotopic (exact) mass is 303 g/mol. The van der Waals surface area contributed by atoms with Crippen molar-refractivity contribution in [3.05, 3.63) is 47.5 Å². The first kappa shape index (κ1) is 14.6. The van der Waals surface area contributed by atoms with E-state index in [1.807, 2.05) is 0 Å². The van der Waals surface area contributed by atoms with Gasteiger partial charge < -0.3 is 10.6 Å². The largest absolute Gasteiger partial charge is 0.347 e. The van der Waals surface area contributed by atoms with Crippen LogP contribution < -0.4 is 10.6 Å². The Morgan fingerprint density at radius 3 is 3.18 bits per heavy atom. The number of nitrogens with one attached hydrogen (secondary N) is 2. The molecule has 1 amide bonds. The van der Waals surface area contributed by atoms with Crippen LogP contribution in [0, 0.1) is 5.82 Å². The van der Waals surface area contributed by atoms with Crippen molar-refractivity contribution in [1.82, 2.24) is 25.6 Å². The number of rotatable bonds is 4. The molecule has 2 heterocycles. The van der Waals surface area contributed by atoms with E-state index < -0.39 is 0 Å². The van der Waals surface area contributed by atoms with Gasteiger partial charge in [0.25, 0.3) is 5.91 Å². The highest BCUT2D eigenvalue weighted by atomic mass is 19.1. The zero-order chi connectivity index (χ0) is 15.4. The van der Waals surface area contributed by atoms with Crippen molar-refractivity contribution in [3.63, 3.8) is 0 Å². The van der Waals surface area contributed by atoms with Crippen LogP contribution in [0.1, 0.15) is 28.9 Å². The topological polar surface area (TPSA) is 71.8 Å². The molecule has 1 atom stereocenters. The molecule has 1 aliphatic rings. The Balaban J connectivity index is 1.61. The van der Waals surface area contributed by atoms with Crippen LogP contribution in [0.3, 0.4) is 0 Å². The number of benzene rings is 1. The van der Waals surface area contributed by atoms with E-state index in [1.54, 1.807) is 18.3 Å². The second kappa shape index (κ2) is 6.65. The molecule has 2 aromatic rings. The van der Waals surface area contributed by atoms with E-state index in [1.165, 1.54) is 16.8 Å². The van der Waals surface area contributed by atoms with Gasteiger partial charge in [-0.15, -0.1) is 5.10 Å². The summed E-state index contributed by atoms with van der Waals surface area (Å²) < 4.78 is 14.7. The van der Waals surface area contributed by atoms with Crippen LogP contribution >= 0.6 is 0 Å². The van der Waals surface area contributed by atoms with Crippen molar-refractivity contribution in [3.8, 4) is 0 Å². The molecule has 1 fully saturated rings. The van der Waals surface area contributed by atoms with E-state index in [9.17, 15) is 9.18 Å². The molecule has 3 rings (SSSR count). The first-order valence-electron chi connectivity index (χ1n) is 7.37. The SMILES string of the molecule is O=C(NC1CCCNC1)c1cn(Cc2cccc(F)c2)nn1. The molecule has 6 nitrogen and oxygen atoms in total. The summed E-state index contributed by atoms with van der Waals surface area (Å²) in [7, 11) is 0. The Morgan fingerprint density at radius 1 is 1.50 bits per heavy atom. The Bertz CT molecular complexity index is 651. The molecule has 0 aliphatic carbocycles. The molecule has 22 heavy (non-hydrogen) atoms. The minimum absolute atomic E-state index is 0.134. The molecule has 0 radical (unpaired) electrons. The van der Waals surface area contributed by atoms with Crippen molar-refractivity contribution in [1.29, 1.82) is 0 Å². The number of amides is 1. The van der Waals surface area contributed by atoms with Gasteiger partial charge in [-0.05, 0) is 37.1 Å². The first-order valence-corrected chi connectivity index (χ1v) is 7.37. The lowest BCUT2D eigenvalue weighted by atomic mass is 10.1. The highest BCUT2D eigenvalue weighted by Gasteiger charge is 2.18. The second-order valence-electron chi connectivity index (χ2n) is 5.45. The molecule has 116 valence electrons. The van der Waals surface area contributed by atoms with E-state index in [-0.39, 0.29) is 23.5 Å². The van der Waals surface area contributed by atoms with Gasteiger partial charge >= 0.3 is 0 Å². The number of piperidine rings is 1. The number of carbonyl (C=O) groups excluding carboxylic acids is 1. The van der Waals surface area contributed by atoms with Crippen molar-refractivity contribution >= 4 is 5.91 Å². The number of hydrogen-bond donors (Lipinski definition) is 2. The fourth-order valence-electron chi connectivity index (χ4n) is 2.54. The summed E-state index contributed by atoms with van der Waals surface area (Å²) in [5.74, 6) is -0.514. The Labute approximate surface area is 127 Å². The second-order valence-corrected chi connectivity index (χ2v) is 5.45. The van der Waals surface area contributed by atoms with Gasteiger partial charge in [-0.1, -0.05) is 17.3 Å². The number of carbonyl (C=O) groups is 1. The third-order valence-electron chi connectivity index (χ3n) is 3.64. The first-order chi connectivity index (χ1) is 10.7. The molecule has 0 saturated carbocycles. The minimum Gasteiger partial charge on any atom is -0.347 e. The molecule has 1 aliphatic heterocycles. The summed E-state index contributed by atoms with van der Waals surface area (Å²) in [4.78, 5) is 12.1. The van der Waals surface area contributed by atoms with Crippen LogP contribution in [0.5, 0.6) is 0 Å². The number of nitrogens with zero attached hydrogens (tertiary/aromatic N) is 3. The van der Waals surface area contributed by atoms with Gasteiger partial charge in [-0.25, -0.2) is 9.07 Å². The van der Waals surface area contributed by atoms with Gasteiger partial charge in [-0.3, -0.25) is 4.79 Å². The van der Waals surface area contributed by atoms with Crippen LogP contribution in [-0.2, 0) is 6.54 Å². The van der Waals surface area contributed by atoms with Crippen molar-refractivity contribution in [2.75, 3.05) is 13.1 Å². The average Bonchev–Trinajstić information content (AvgIpc) is 2.97. The van der Waals surface area contributed by atoms with Gasteiger partial charge in [0.1, 0.15) is 5.82 Å². The van der Waals surface area contributed by atoms with Crippen LogP contribution in [0.15, 0.2) is 30.5 Å². The Hall–Kier alpha value is -2.28. The Kier molecular flexibility index (Phi) is 4.43. The Morgan fingerprint density at radius 2 is 2.41 bits per heavy atom.